The first-order chi connectivity index (χ1) is 10.6. The molecule has 0 aromatic heterocycles. The maximum Gasteiger partial charge on any atom is 0.160 e. The number of phenolic OH excluding ortho intramolecular Hbond substituents is 1. The van der Waals surface area contributed by atoms with E-state index in [4.69, 9.17) is 18.9 Å². The number of benzene rings is 2. The summed E-state index contributed by atoms with van der Waals surface area (Å²) in [6.07, 6.45) is 0.499. The highest BCUT2D eigenvalue weighted by molar-refractivity contribution is 5.53. The first-order valence-electron chi connectivity index (χ1n) is 6.77. The molecule has 2 aromatic carbocycles. The van der Waals surface area contributed by atoms with E-state index in [9.17, 15) is 5.11 Å². The number of methoxy groups -OCH3 is 4. The Morgan fingerprint density at radius 2 is 1.45 bits per heavy atom. The molecule has 0 heterocycles. The largest absolute Gasteiger partial charge is 0.507 e. The zero-order chi connectivity index (χ0) is 16.1. The summed E-state index contributed by atoms with van der Waals surface area (Å²) in [6.45, 7) is 0. The minimum absolute atomic E-state index is 0.131. The summed E-state index contributed by atoms with van der Waals surface area (Å²) in [4.78, 5) is 0. The monoisotopic (exact) mass is 304 g/mol. The van der Waals surface area contributed by atoms with Crippen LogP contribution in [0.1, 0.15) is 11.1 Å². The van der Waals surface area contributed by atoms with Gasteiger partial charge in [-0.3, -0.25) is 0 Å². The molecule has 0 spiro atoms. The fourth-order valence-corrected chi connectivity index (χ4v) is 2.28. The molecule has 118 valence electrons. The topological polar surface area (TPSA) is 57.2 Å². The van der Waals surface area contributed by atoms with Gasteiger partial charge in [-0.25, -0.2) is 0 Å². The summed E-state index contributed by atoms with van der Waals surface area (Å²) in [5, 5.41) is 10.2. The minimum Gasteiger partial charge on any atom is -0.507 e. The van der Waals surface area contributed by atoms with E-state index in [1.807, 2.05) is 18.2 Å². The van der Waals surface area contributed by atoms with E-state index in [0.29, 0.717) is 35.0 Å². The zero-order valence-corrected chi connectivity index (χ0v) is 13.2. The van der Waals surface area contributed by atoms with E-state index >= 15 is 0 Å². The van der Waals surface area contributed by atoms with Crippen LogP contribution in [0.5, 0.6) is 28.7 Å². The van der Waals surface area contributed by atoms with Gasteiger partial charge >= 0.3 is 0 Å². The molecule has 2 rings (SSSR count). The molecular formula is C17H20O5. The molecule has 0 saturated carbocycles. The average Bonchev–Trinajstić information content (AvgIpc) is 2.56. The Balaban J connectivity index is 2.38. The van der Waals surface area contributed by atoms with Crippen molar-refractivity contribution in [1.82, 2.24) is 0 Å². The van der Waals surface area contributed by atoms with Crippen molar-refractivity contribution in [2.45, 2.75) is 6.42 Å². The van der Waals surface area contributed by atoms with Crippen molar-refractivity contribution in [3.05, 3.63) is 41.5 Å². The highest BCUT2D eigenvalue weighted by Gasteiger charge is 2.14. The van der Waals surface area contributed by atoms with Crippen molar-refractivity contribution in [1.29, 1.82) is 0 Å². The lowest BCUT2D eigenvalue weighted by Gasteiger charge is -2.14. The van der Waals surface area contributed by atoms with Crippen LogP contribution >= 0.6 is 0 Å². The Morgan fingerprint density at radius 1 is 0.773 bits per heavy atom. The lowest BCUT2D eigenvalue weighted by molar-refractivity contribution is 0.354. The highest BCUT2D eigenvalue weighted by atomic mass is 16.5. The molecule has 0 bridgehead atoms. The maximum atomic E-state index is 10.2. The van der Waals surface area contributed by atoms with Gasteiger partial charge in [-0.2, -0.15) is 0 Å². The number of ether oxygens (including phenoxy) is 4. The molecule has 0 aliphatic rings. The first kappa shape index (κ1) is 15.8. The molecule has 5 heteroatoms. The Hall–Kier alpha value is -2.56. The van der Waals surface area contributed by atoms with Crippen LogP contribution in [0.25, 0.3) is 0 Å². The van der Waals surface area contributed by atoms with Gasteiger partial charge in [0, 0.05) is 24.1 Å². The standard InChI is InChI=1S/C17H20O5/c1-19-12-9-14(18)13(16(10-12)21-3)7-11-5-6-15(20-2)17(8-11)22-4/h5-6,8-10,18H,7H2,1-4H3. The fourth-order valence-electron chi connectivity index (χ4n) is 2.28. The number of phenols is 1. The van der Waals surface area contributed by atoms with Crippen LogP contribution in [-0.2, 0) is 6.42 Å². The van der Waals surface area contributed by atoms with Crippen LogP contribution < -0.4 is 18.9 Å². The molecule has 22 heavy (non-hydrogen) atoms. The molecule has 0 radical (unpaired) electrons. The van der Waals surface area contributed by atoms with Gasteiger partial charge in [0.25, 0.3) is 0 Å². The molecule has 0 aliphatic heterocycles. The molecule has 0 amide bonds. The smallest absolute Gasteiger partial charge is 0.160 e. The van der Waals surface area contributed by atoms with Crippen molar-refractivity contribution in [2.75, 3.05) is 28.4 Å². The number of rotatable bonds is 6. The van der Waals surface area contributed by atoms with Crippen molar-refractivity contribution in [3.63, 3.8) is 0 Å². The van der Waals surface area contributed by atoms with Crippen molar-refractivity contribution >= 4 is 0 Å². The lowest BCUT2D eigenvalue weighted by Crippen LogP contribution is -1.97. The summed E-state index contributed by atoms with van der Waals surface area (Å²) >= 11 is 0. The van der Waals surface area contributed by atoms with E-state index in [2.05, 4.69) is 0 Å². The first-order valence-corrected chi connectivity index (χ1v) is 6.77. The second-order valence-electron chi connectivity index (χ2n) is 4.69. The van der Waals surface area contributed by atoms with E-state index < -0.39 is 0 Å². The molecule has 0 fully saturated rings. The Kier molecular flexibility index (Phi) is 4.99. The van der Waals surface area contributed by atoms with Gasteiger partial charge in [0.15, 0.2) is 11.5 Å². The SMILES string of the molecule is COc1cc(O)c(Cc2ccc(OC)c(OC)c2)c(OC)c1. The van der Waals surface area contributed by atoms with Crippen molar-refractivity contribution in [2.24, 2.45) is 0 Å². The summed E-state index contributed by atoms with van der Waals surface area (Å²) in [5.74, 6) is 2.56. The van der Waals surface area contributed by atoms with Crippen LogP contribution in [0.2, 0.25) is 0 Å². The third kappa shape index (κ3) is 3.19. The Morgan fingerprint density at radius 3 is 2.05 bits per heavy atom. The second kappa shape index (κ2) is 6.93. The van der Waals surface area contributed by atoms with Gasteiger partial charge in [0.2, 0.25) is 0 Å². The summed E-state index contributed by atoms with van der Waals surface area (Å²) in [5.41, 5.74) is 1.66. The average molecular weight is 304 g/mol. The van der Waals surface area contributed by atoms with Gasteiger partial charge in [0.05, 0.1) is 28.4 Å². The lowest BCUT2D eigenvalue weighted by atomic mass is 10.0. The van der Waals surface area contributed by atoms with Gasteiger partial charge in [-0.15, -0.1) is 0 Å². The minimum atomic E-state index is 0.131. The predicted octanol–water partition coefficient (Wildman–Crippen LogP) is 3.02. The van der Waals surface area contributed by atoms with E-state index in [0.717, 1.165) is 5.56 Å². The van der Waals surface area contributed by atoms with E-state index in [-0.39, 0.29) is 5.75 Å². The fraction of sp³-hybridized carbons (Fsp3) is 0.294. The molecule has 0 unspecified atom stereocenters. The van der Waals surface area contributed by atoms with Crippen molar-refractivity contribution in [3.8, 4) is 28.7 Å². The van der Waals surface area contributed by atoms with Crippen molar-refractivity contribution < 1.29 is 24.1 Å². The zero-order valence-electron chi connectivity index (χ0n) is 13.2. The number of hydrogen-bond donors (Lipinski definition) is 1. The van der Waals surface area contributed by atoms with Crippen LogP contribution in [0.3, 0.4) is 0 Å². The quantitative estimate of drug-likeness (QED) is 0.889. The van der Waals surface area contributed by atoms with Gasteiger partial charge in [-0.1, -0.05) is 6.07 Å². The number of hydrogen-bond acceptors (Lipinski definition) is 5. The molecule has 2 aromatic rings. The van der Waals surface area contributed by atoms with E-state index in [1.54, 1.807) is 40.6 Å². The Labute approximate surface area is 130 Å². The second-order valence-corrected chi connectivity index (χ2v) is 4.69. The normalized spacial score (nSPS) is 10.2. The molecular weight excluding hydrogens is 284 g/mol. The summed E-state index contributed by atoms with van der Waals surface area (Å²) in [6, 6.07) is 8.95. The van der Waals surface area contributed by atoms with E-state index in [1.165, 1.54) is 0 Å². The maximum absolute atomic E-state index is 10.2. The molecule has 1 N–H and O–H groups in total. The van der Waals surface area contributed by atoms with Crippen LogP contribution in [0.4, 0.5) is 0 Å². The molecule has 5 nitrogen and oxygen atoms in total. The van der Waals surface area contributed by atoms with Gasteiger partial charge < -0.3 is 24.1 Å². The molecule has 0 aliphatic carbocycles. The van der Waals surface area contributed by atoms with Gasteiger partial charge in [0.1, 0.15) is 17.2 Å². The van der Waals surface area contributed by atoms with Gasteiger partial charge in [-0.05, 0) is 17.7 Å². The summed E-state index contributed by atoms with van der Waals surface area (Å²) < 4.78 is 21.0. The van der Waals surface area contributed by atoms with Crippen LogP contribution in [0.15, 0.2) is 30.3 Å². The van der Waals surface area contributed by atoms with Crippen LogP contribution in [-0.4, -0.2) is 33.5 Å². The molecule has 0 saturated heterocycles. The third-order valence-corrected chi connectivity index (χ3v) is 3.44. The van der Waals surface area contributed by atoms with Crippen LogP contribution in [0, 0.1) is 0 Å². The number of aromatic hydroxyl groups is 1. The summed E-state index contributed by atoms with van der Waals surface area (Å²) in [7, 11) is 6.29. The third-order valence-electron chi connectivity index (χ3n) is 3.44. The predicted molar refractivity (Wildman–Crippen MR) is 83.6 cm³/mol. The Bertz CT molecular complexity index is 652. The highest BCUT2D eigenvalue weighted by Crippen LogP contribution is 2.36. The molecule has 0 atom stereocenters.